The summed E-state index contributed by atoms with van der Waals surface area (Å²) < 4.78 is 13.0. The molecule has 1 unspecified atom stereocenters. The van der Waals surface area contributed by atoms with Crippen molar-refractivity contribution in [3.05, 3.63) is 18.2 Å². The molecule has 0 saturated carbocycles. The molecule has 1 spiro atoms. The highest BCUT2D eigenvalue weighted by Gasteiger charge is 2.52. The van der Waals surface area contributed by atoms with E-state index in [1.807, 2.05) is 11.9 Å². The highest BCUT2D eigenvalue weighted by molar-refractivity contribution is 5.91. The average Bonchev–Trinajstić information content (AvgIpc) is 3.20. The lowest BCUT2D eigenvalue weighted by molar-refractivity contribution is -0.136. The van der Waals surface area contributed by atoms with E-state index in [1.54, 1.807) is 21.9 Å². The Kier molecular flexibility index (Phi) is 4.24. The lowest BCUT2D eigenvalue weighted by Crippen LogP contribution is -2.63. The standard InChI is InChI=1S/C17H24N4O4/c1-19-3-2-18-15(19)16(23)21-11-17(12-21)9-13(10-25-17)8-14(22)20-4-6-24-7-5-20/h2-3,13H,4-12H2,1H3. The van der Waals surface area contributed by atoms with E-state index < -0.39 is 0 Å². The third kappa shape index (κ3) is 3.16. The van der Waals surface area contributed by atoms with Crippen molar-refractivity contribution in [1.29, 1.82) is 0 Å². The molecule has 3 aliphatic rings. The molecule has 1 atom stereocenters. The molecule has 1 aromatic rings. The van der Waals surface area contributed by atoms with E-state index in [4.69, 9.17) is 9.47 Å². The second kappa shape index (κ2) is 6.42. The van der Waals surface area contributed by atoms with Gasteiger partial charge in [0.1, 0.15) is 5.60 Å². The van der Waals surface area contributed by atoms with E-state index in [9.17, 15) is 9.59 Å². The third-order valence-corrected chi connectivity index (χ3v) is 5.37. The molecular formula is C17H24N4O4. The number of hydrogen-bond acceptors (Lipinski definition) is 5. The average molecular weight is 348 g/mol. The molecule has 0 bridgehead atoms. The molecule has 0 aliphatic carbocycles. The number of aryl methyl sites for hydroxylation is 1. The number of morpholine rings is 1. The molecule has 3 aliphatic heterocycles. The maximum Gasteiger partial charge on any atom is 0.290 e. The fourth-order valence-electron chi connectivity index (χ4n) is 3.98. The van der Waals surface area contributed by atoms with Crippen LogP contribution in [-0.4, -0.2) is 82.8 Å². The van der Waals surface area contributed by atoms with E-state index in [2.05, 4.69) is 4.98 Å². The minimum atomic E-state index is -0.267. The molecule has 3 fully saturated rings. The predicted molar refractivity (Wildman–Crippen MR) is 87.9 cm³/mol. The van der Waals surface area contributed by atoms with E-state index in [1.165, 1.54) is 0 Å². The second-order valence-corrected chi connectivity index (χ2v) is 7.28. The van der Waals surface area contributed by atoms with Crippen molar-refractivity contribution >= 4 is 11.8 Å². The van der Waals surface area contributed by atoms with Crippen LogP contribution in [0.5, 0.6) is 0 Å². The van der Waals surface area contributed by atoms with Crippen LogP contribution in [0.1, 0.15) is 23.5 Å². The zero-order valence-electron chi connectivity index (χ0n) is 14.5. The molecule has 25 heavy (non-hydrogen) atoms. The Hall–Kier alpha value is -1.93. The van der Waals surface area contributed by atoms with Gasteiger partial charge in [-0.2, -0.15) is 0 Å². The third-order valence-electron chi connectivity index (χ3n) is 5.37. The Balaban J connectivity index is 1.28. The number of aromatic nitrogens is 2. The molecule has 0 radical (unpaired) electrons. The first-order valence-corrected chi connectivity index (χ1v) is 8.82. The molecular weight excluding hydrogens is 324 g/mol. The van der Waals surface area contributed by atoms with Gasteiger partial charge in [0.05, 0.1) is 32.9 Å². The molecule has 0 aromatic carbocycles. The molecule has 3 saturated heterocycles. The molecule has 4 heterocycles. The van der Waals surface area contributed by atoms with Crippen LogP contribution in [0.25, 0.3) is 0 Å². The van der Waals surface area contributed by atoms with Gasteiger partial charge in [-0.3, -0.25) is 9.59 Å². The minimum Gasteiger partial charge on any atom is -0.378 e. The van der Waals surface area contributed by atoms with Gasteiger partial charge in [0.2, 0.25) is 5.91 Å². The summed E-state index contributed by atoms with van der Waals surface area (Å²) >= 11 is 0. The smallest absolute Gasteiger partial charge is 0.290 e. The van der Waals surface area contributed by atoms with E-state index >= 15 is 0 Å². The quantitative estimate of drug-likeness (QED) is 0.762. The molecule has 2 amide bonds. The minimum absolute atomic E-state index is 0.0606. The molecule has 8 heteroatoms. The van der Waals surface area contributed by atoms with Crippen LogP contribution in [0.3, 0.4) is 0 Å². The van der Waals surface area contributed by atoms with Crippen molar-refractivity contribution < 1.29 is 19.1 Å². The Morgan fingerprint density at radius 2 is 2.04 bits per heavy atom. The van der Waals surface area contributed by atoms with Crippen molar-refractivity contribution in [3.8, 4) is 0 Å². The lowest BCUT2D eigenvalue weighted by atomic mass is 9.85. The normalized spacial score (nSPS) is 25.2. The number of likely N-dealkylation sites (tertiary alicyclic amines) is 1. The first kappa shape index (κ1) is 16.5. The van der Waals surface area contributed by atoms with E-state index in [0.717, 1.165) is 6.42 Å². The number of carbonyl (C=O) groups excluding carboxylic acids is 2. The molecule has 4 rings (SSSR count). The predicted octanol–water partition coefficient (Wildman–Crippen LogP) is -0.0999. The fraction of sp³-hybridized carbons (Fsp3) is 0.706. The first-order chi connectivity index (χ1) is 12.1. The summed E-state index contributed by atoms with van der Waals surface area (Å²) in [6.45, 7) is 4.39. The number of ether oxygens (including phenoxy) is 2. The summed E-state index contributed by atoms with van der Waals surface area (Å²) in [5, 5.41) is 0. The molecule has 136 valence electrons. The van der Waals surface area contributed by atoms with Crippen LogP contribution in [0, 0.1) is 5.92 Å². The Morgan fingerprint density at radius 1 is 1.28 bits per heavy atom. The molecule has 0 N–H and O–H groups in total. The van der Waals surface area contributed by atoms with Crippen LogP contribution >= 0.6 is 0 Å². The van der Waals surface area contributed by atoms with Gasteiger partial charge in [0.25, 0.3) is 5.91 Å². The molecule has 1 aromatic heterocycles. The Morgan fingerprint density at radius 3 is 2.72 bits per heavy atom. The number of amides is 2. The summed E-state index contributed by atoms with van der Waals surface area (Å²) in [6, 6.07) is 0. The maximum absolute atomic E-state index is 12.4. The summed E-state index contributed by atoms with van der Waals surface area (Å²) in [6.07, 6.45) is 4.76. The second-order valence-electron chi connectivity index (χ2n) is 7.28. The number of rotatable bonds is 3. The van der Waals surface area contributed by atoms with Gasteiger partial charge in [-0.05, 0) is 12.3 Å². The highest BCUT2D eigenvalue weighted by Crippen LogP contribution is 2.39. The number of carbonyl (C=O) groups is 2. The van der Waals surface area contributed by atoms with Crippen molar-refractivity contribution in [2.75, 3.05) is 46.0 Å². The summed E-state index contributed by atoms with van der Waals surface area (Å²) in [7, 11) is 1.81. The van der Waals surface area contributed by atoms with Crippen LogP contribution < -0.4 is 0 Å². The zero-order valence-corrected chi connectivity index (χ0v) is 14.5. The van der Waals surface area contributed by atoms with Gasteiger partial charge in [-0.1, -0.05) is 0 Å². The van der Waals surface area contributed by atoms with Gasteiger partial charge in [0, 0.05) is 39.0 Å². The SMILES string of the molecule is Cn1ccnc1C(=O)N1CC2(CC(CC(=O)N3CCOCC3)CO2)C1. The largest absolute Gasteiger partial charge is 0.378 e. The van der Waals surface area contributed by atoms with Crippen molar-refractivity contribution in [3.63, 3.8) is 0 Å². The van der Waals surface area contributed by atoms with Crippen LogP contribution in [0.2, 0.25) is 0 Å². The fourth-order valence-corrected chi connectivity index (χ4v) is 3.98. The maximum atomic E-state index is 12.4. The Bertz CT molecular complexity index is 661. The zero-order chi connectivity index (χ0) is 17.4. The van der Waals surface area contributed by atoms with Gasteiger partial charge in [-0.15, -0.1) is 0 Å². The van der Waals surface area contributed by atoms with Gasteiger partial charge < -0.3 is 23.8 Å². The van der Waals surface area contributed by atoms with Crippen LogP contribution in [-0.2, 0) is 21.3 Å². The molecule has 8 nitrogen and oxygen atoms in total. The Labute approximate surface area is 146 Å². The van der Waals surface area contributed by atoms with Gasteiger partial charge >= 0.3 is 0 Å². The number of hydrogen-bond donors (Lipinski definition) is 0. The highest BCUT2D eigenvalue weighted by atomic mass is 16.5. The summed E-state index contributed by atoms with van der Waals surface area (Å²) in [5.74, 6) is 0.816. The van der Waals surface area contributed by atoms with E-state index in [-0.39, 0.29) is 23.3 Å². The van der Waals surface area contributed by atoms with Crippen LogP contribution in [0.15, 0.2) is 12.4 Å². The topological polar surface area (TPSA) is 76.9 Å². The lowest BCUT2D eigenvalue weighted by Gasteiger charge is -2.46. The van der Waals surface area contributed by atoms with Crippen LogP contribution in [0.4, 0.5) is 0 Å². The van der Waals surface area contributed by atoms with Gasteiger partial charge in [-0.25, -0.2) is 4.98 Å². The number of imidazole rings is 1. The van der Waals surface area contributed by atoms with Gasteiger partial charge in [0.15, 0.2) is 5.82 Å². The first-order valence-electron chi connectivity index (χ1n) is 8.82. The monoisotopic (exact) mass is 348 g/mol. The van der Waals surface area contributed by atoms with Crippen molar-refractivity contribution in [2.45, 2.75) is 18.4 Å². The van der Waals surface area contributed by atoms with E-state index in [0.29, 0.717) is 58.2 Å². The number of nitrogens with zero attached hydrogens (tertiary/aromatic N) is 4. The van der Waals surface area contributed by atoms with Crippen molar-refractivity contribution in [2.24, 2.45) is 13.0 Å². The summed E-state index contributed by atoms with van der Waals surface area (Å²) in [4.78, 5) is 32.6. The van der Waals surface area contributed by atoms with Crippen molar-refractivity contribution in [1.82, 2.24) is 19.4 Å². The summed E-state index contributed by atoms with van der Waals surface area (Å²) in [5.41, 5.74) is -0.267.